The zero-order chi connectivity index (χ0) is 14.4. The molecule has 0 bridgehead atoms. The lowest BCUT2D eigenvalue weighted by Crippen LogP contribution is -2.28. The third kappa shape index (κ3) is 4.01. The number of ether oxygens (including phenoxy) is 1. The standard InChI is InChI=1S/C13H14BrN3O2S/c1-2-11-12(20-17-16-11)13(18)15-6-7-19-10-5-3-4-9(14)8-10/h3-5,8H,2,6-7H2,1H3,(H,15,18). The molecule has 1 N–H and O–H groups in total. The minimum absolute atomic E-state index is 0.144. The van der Waals surface area contributed by atoms with Crippen LogP contribution in [0.25, 0.3) is 0 Å². The predicted molar refractivity (Wildman–Crippen MR) is 81.3 cm³/mol. The molecule has 0 spiro atoms. The SMILES string of the molecule is CCc1nnsc1C(=O)NCCOc1cccc(Br)c1. The van der Waals surface area contributed by atoms with Gasteiger partial charge < -0.3 is 10.1 Å². The number of carbonyl (C=O) groups excluding carboxylic acids is 1. The number of carbonyl (C=O) groups is 1. The number of aromatic nitrogens is 2. The first-order valence-corrected chi connectivity index (χ1v) is 7.75. The molecule has 2 aromatic rings. The summed E-state index contributed by atoms with van der Waals surface area (Å²) >= 11 is 4.49. The molecular formula is C13H14BrN3O2S. The van der Waals surface area contributed by atoms with Crippen molar-refractivity contribution < 1.29 is 9.53 Å². The number of hydrogen-bond acceptors (Lipinski definition) is 5. The summed E-state index contributed by atoms with van der Waals surface area (Å²) in [5.41, 5.74) is 0.736. The van der Waals surface area contributed by atoms with Crippen LogP contribution in [0.1, 0.15) is 22.3 Å². The van der Waals surface area contributed by atoms with E-state index in [1.165, 1.54) is 0 Å². The van der Waals surface area contributed by atoms with E-state index in [1.54, 1.807) is 0 Å². The Morgan fingerprint density at radius 3 is 3.10 bits per heavy atom. The molecule has 1 amide bonds. The Kier molecular flexibility index (Phi) is 5.49. The highest BCUT2D eigenvalue weighted by Gasteiger charge is 2.14. The molecule has 1 heterocycles. The number of hydrogen-bond donors (Lipinski definition) is 1. The Bertz CT molecular complexity index is 589. The van der Waals surface area contributed by atoms with E-state index in [0.717, 1.165) is 27.4 Å². The summed E-state index contributed by atoms with van der Waals surface area (Å²) in [5, 5.41) is 6.71. The number of nitrogens with one attached hydrogen (secondary N) is 1. The summed E-state index contributed by atoms with van der Waals surface area (Å²) in [6.07, 6.45) is 0.702. The van der Waals surface area contributed by atoms with Crippen LogP contribution in [0.4, 0.5) is 0 Å². The summed E-state index contributed by atoms with van der Waals surface area (Å²) in [5.74, 6) is 0.622. The van der Waals surface area contributed by atoms with E-state index in [4.69, 9.17) is 4.74 Å². The topological polar surface area (TPSA) is 64.1 Å². The van der Waals surface area contributed by atoms with E-state index in [2.05, 4.69) is 30.8 Å². The summed E-state index contributed by atoms with van der Waals surface area (Å²) in [7, 11) is 0. The first kappa shape index (κ1) is 14.9. The Labute approximate surface area is 129 Å². The average molecular weight is 356 g/mol. The fraction of sp³-hybridized carbons (Fsp3) is 0.308. The Morgan fingerprint density at radius 2 is 2.35 bits per heavy atom. The van der Waals surface area contributed by atoms with Crippen LogP contribution >= 0.6 is 27.5 Å². The molecule has 0 saturated heterocycles. The van der Waals surface area contributed by atoms with Crippen molar-refractivity contribution in [1.82, 2.24) is 14.9 Å². The number of nitrogens with zero attached hydrogens (tertiary/aromatic N) is 2. The minimum Gasteiger partial charge on any atom is -0.492 e. The fourth-order valence-electron chi connectivity index (χ4n) is 1.58. The molecule has 0 fully saturated rings. The molecule has 1 aromatic heterocycles. The molecular weight excluding hydrogens is 342 g/mol. The molecule has 106 valence electrons. The normalized spacial score (nSPS) is 10.3. The van der Waals surface area contributed by atoms with Crippen molar-refractivity contribution in [2.75, 3.05) is 13.2 Å². The number of halogens is 1. The summed E-state index contributed by atoms with van der Waals surface area (Å²) in [6, 6.07) is 7.57. The van der Waals surface area contributed by atoms with Crippen LogP contribution in [-0.4, -0.2) is 28.6 Å². The minimum atomic E-state index is -0.144. The van der Waals surface area contributed by atoms with Crippen LogP contribution in [0, 0.1) is 0 Å². The van der Waals surface area contributed by atoms with Gasteiger partial charge in [0.25, 0.3) is 5.91 Å². The van der Waals surface area contributed by atoms with Gasteiger partial charge in [0.1, 0.15) is 17.2 Å². The monoisotopic (exact) mass is 355 g/mol. The zero-order valence-corrected chi connectivity index (χ0v) is 13.3. The van der Waals surface area contributed by atoms with E-state index in [-0.39, 0.29) is 5.91 Å². The van der Waals surface area contributed by atoms with Gasteiger partial charge in [0.15, 0.2) is 0 Å². The highest BCUT2D eigenvalue weighted by Crippen LogP contribution is 2.17. The van der Waals surface area contributed by atoms with Crippen molar-refractivity contribution in [3.8, 4) is 5.75 Å². The van der Waals surface area contributed by atoms with Crippen LogP contribution in [0.3, 0.4) is 0 Å². The van der Waals surface area contributed by atoms with Gasteiger partial charge in [-0.1, -0.05) is 33.4 Å². The molecule has 2 rings (SSSR count). The third-order valence-electron chi connectivity index (χ3n) is 2.55. The average Bonchev–Trinajstić information content (AvgIpc) is 2.92. The molecule has 7 heteroatoms. The highest BCUT2D eigenvalue weighted by atomic mass is 79.9. The summed E-state index contributed by atoms with van der Waals surface area (Å²) in [6.45, 7) is 2.80. The highest BCUT2D eigenvalue weighted by molar-refractivity contribution is 9.10. The number of rotatable bonds is 6. The summed E-state index contributed by atoms with van der Waals surface area (Å²) < 4.78 is 10.3. The quantitative estimate of drug-likeness (QED) is 0.809. The van der Waals surface area contributed by atoms with Gasteiger partial charge in [0.2, 0.25) is 0 Å². The lowest BCUT2D eigenvalue weighted by Gasteiger charge is -2.07. The van der Waals surface area contributed by atoms with Crippen LogP contribution < -0.4 is 10.1 Å². The number of aryl methyl sites for hydroxylation is 1. The maximum absolute atomic E-state index is 11.9. The maximum atomic E-state index is 11.9. The lowest BCUT2D eigenvalue weighted by molar-refractivity contribution is 0.0950. The van der Waals surface area contributed by atoms with Gasteiger partial charge in [-0.25, -0.2) is 0 Å². The van der Waals surface area contributed by atoms with Gasteiger partial charge in [-0.05, 0) is 36.2 Å². The number of amides is 1. The van der Waals surface area contributed by atoms with Gasteiger partial charge in [0, 0.05) is 4.47 Å². The molecule has 20 heavy (non-hydrogen) atoms. The lowest BCUT2D eigenvalue weighted by atomic mass is 10.3. The second-order valence-electron chi connectivity index (χ2n) is 3.96. The fourth-order valence-corrected chi connectivity index (χ4v) is 2.63. The van der Waals surface area contributed by atoms with Gasteiger partial charge in [-0.2, -0.15) is 0 Å². The van der Waals surface area contributed by atoms with Crippen molar-refractivity contribution in [2.24, 2.45) is 0 Å². The van der Waals surface area contributed by atoms with Crippen molar-refractivity contribution in [1.29, 1.82) is 0 Å². The van der Waals surface area contributed by atoms with Crippen LogP contribution in [0.2, 0.25) is 0 Å². The molecule has 0 atom stereocenters. The van der Waals surface area contributed by atoms with E-state index < -0.39 is 0 Å². The van der Waals surface area contributed by atoms with E-state index >= 15 is 0 Å². The molecule has 0 aliphatic heterocycles. The summed E-state index contributed by atoms with van der Waals surface area (Å²) in [4.78, 5) is 12.5. The molecule has 1 aromatic carbocycles. The first-order valence-electron chi connectivity index (χ1n) is 6.18. The second-order valence-corrected chi connectivity index (χ2v) is 5.63. The van der Waals surface area contributed by atoms with E-state index in [9.17, 15) is 4.79 Å². The van der Waals surface area contributed by atoms with Crippen LogP contribution in [0.15, 0.2) is 28.7 Å². The van der Waals surface area contributed by atoms with E-state index in [1.807, 2.05) is 31.2 Å². The van der Waals surface area contributed by atoms with Gasteiger partial charge >= 0.3 is 0 Å². The van der Waals surface area contributed by atoms with Crippen LogP contribution in [-0.2, 0) is 6.42 Å². The molecule has 0 aliphatic rings. The van der Waals surface area contributed by atoms with E-state index in [0.29, 0.717) is 24.4 Å². The molecule has 0 radical (unpaired) electrons. The third-order valence-corrected chi connectivity index (χ3v) is 3.81. The molecule has 5 nitrogen and oxygen atoms in total. The van der Waals surface area contributed by atoms with Gasteiger partial charge in [0.05, 0.1) is 12.2 Å². The maximum Gasteiger partial charge on any atom is 0.265 e. The molecule has 0 unspecified atom stereocenters. The smallest absolute Gasteiger partial charge is 0.265 e. The van der Waals surface area contributed by atoms with Gasteiger partial charge in [-0.15, -0.1) is 5.10 Å². The number of benzene rings is 1. The largest absolute Gasteiger partial charge is 0.492 e. The van der Waals surface area contributed by atoms with Crippen molar-refractivity contribution in [3.63, 3.8) is 0 Å². The molecule has 0 aliphatic carbocycles. The predicted octanol–water partition coefficient (Wildman–Crippen LogP) is 2.67. The molecule has 0 saturated carbocycles. The zero-order valence-electron chi connectivity index (χ0n) is 10.9. The Morgan fingerprint density at radius 1 is 1.50 bits per heavy atom. The second kappa shape index (κ2) is 7.35. The Balaban J connectivity index is 1.77. The Hall–Kier alpha value is -1.47. The van der Waals surface area contributed by atoms with Crippen molar-refractivity contribution in [3.05, 3.63) is 39.3 Å². The first-order chi connectivity index (χ1) is 9.70. The van der Waals surface area contributed by atoms with Crippen molar-refractivity contribution >= 4 is 33.4 Å². The van der Waals surface area contributed by atoms with Crippen LogP contribution in [0.5, 0.6) is 5.75 Å². The van der Waals surface area contributed by atoms with Gasteiger partial charge in [-0.3, -0.25) is 4.79 Å². The van der Waals surface area contributed by atoms with Crippen molar-refractivity contribution in [2.45, 2.75) is 13.3 Å².